The van der Waals surface area contributed by atoms with E-state index in [-0.39, 0.29) is 41.4 Å². The van der Waals surface area contributed by atoms with E-state index < -0.39 is 0 Å². The number of hydrogen-bond donors (Lipinski definition) is 0. The molecule has 0 spiro atoms. The first-order valence-electron chi connectivity index (χ1n) is 34.5. The predicted octanol–water partition coefficient (Wildman–Crippen LogP) is 26.2. The van der Waals surface area contributed by atoms with Gasteiger partial charge < -0.3 is 0 Å². The number of benzene rings is 13. The highest BCUT2D eigenvalue weighted by molar-refractivity contribution is 5.85. The molecule has 0 fully saturated rings. The molecule has 0 atom stereocenters. The number of halogens is 1. The lowest BCUT2D eigenvalue weighted by atomic mass is 9.87. The normalized spacial score (nSPS) is 10.5. The average Bonchev–Trinajstić information content (AvgIpc) is 0.806. The summed E-state index contributed by atoms with van der Waals surface area (Å²) in [5.41, 5.74) is 20.9. The van der Waals surface area contributed by atoms with Gasteiger partial charge in [-0.3, -0.25) is 0 Å². The van der Waals surface area contributed by atoms with Crippen LogP contribution in [0.3, 0.4) is 0 Å². The summed E-state index contributed by atoms with van der Waals surface area (Å²) >= 11 is 0. The molecule has 0 unspecified atom stereocenters. The lowest BCUT2D eigenvalue weighted by molar-refractivity contribution is 0.590. The van der Waals surface area contributed by atoms with Gasteiger partial charge in [0.25, 0.3) is 0 Å². The molecule has 1 nitrogen and oxygen atoms in total. The minimum absolute atomic E-state index is 0.124. The zero-order chi connectivity index (χ0) is 73.0. The van der Waals surface area contributed by atoms with Gasteiger partial charge in [-0.25, -0.2) is 4.39 Å². The third kappa shape index (κ3) is 32.2. The molecule has 0 saturated carbocycles. The minimum atomic E-state index is -0.337. The van der Waals surface area contributed by atoms with E-state index in [2.05, 4.69) is 308 Å². The lowest BCUT2D eigenvalue weighted by Crippen LogP contribution is -2.10. The maximum Gasteiger partial charge on any atom is 0.123 e. The van der Waals surface area contributed by atoms with Gasteiger partial charge in [0.15, 0.2) is 0 Å². The fraction of sp³-hybridized carbons (Fsp3) is 0.185. The maximum absolute atomic E-state index is 12.1. The molecule has 94 heavy (non-hydrogen) atoms. The first-order valence-corrected chi connectivity index (χ1v) is 32.0. The van der Waals surface area contributed by atoms with E-state index in [1.807, 2.05) is 62.4 Å². The van der Waals surface area contributed by atoms with Crippen molar-refractivity contribution in [2.24, 2.45) is 0 Å². The van der Waals surface area contributed by atoms with E-state index in [0.29, 0.717) is 5.56 Å². The van der Waals surface area contributed by atoms with Crippen molar-refractivity contribution in [2.45, 2.75) is 116 Å². The number of nitrogens with zero attached hydrogens (tertiary/aromatic N) is 1. The van der Waals surface area contributed by atoms with Crippen molar-refractivity contribution < 1.29 is 11.2 Å². The van der Waals surface area contributed by atoms with E-state index in [9.17, 15) is 4.39 Å². The van der Waals surface area contributed by atoms with Crippen molar-refractivity contribution >= 4 is 21.5 Å². The van der Waals surface area contributed by atoms with E-state index >= 15 is 0 Å². The SMILES string of the molecule is Cc1cc(C)cc(C)c1.Cc1ccc(-c2ccccc2)cc1.Cc1ccc(C#N)cc1.Cc1ccc(C(C)(C)C)cc1.Cc1ccc(C)cc1.Cc1ccc(F)cc1.Cc1ccc2ccccc2c1.Cc1cccc2ccccc12.Cc1ccccc1.[2H]c1c([2H])c([2H])c(C)c([2H])c1[2H]. The summed E-state index contributed by atoms with van der Waals surface area (Å²) in [6.45, 7) is 33.3. The van der Waals surface area contributed by atoms with Crippen molar-refractivity contribution in [1.82, 2.24) is 0 Å². The van der Waals surface area contributed by atoms with Crippen LogP contribution >= 0.6 is 0 Å². The van der Waals surface area contributed by atoms with Crippen molar-refractivity contribution in [1.29, 1.82) is 5.26 Å². The van der Waals surface area contributed by atoms with Gasteiger partial charge in [0.2, 0.25) is 0 Å². The minimum Gasteiger partial charge on any atom is -0.207 e. The van der Waals surface area contributed by atoms with Gasteiger partial charge in [-0.05, 0) is 163 Å². The van der Waals surface area contributed by atoms with E-state index in [0.717, 1.165) is 11.1 Å². The Morgan fingerprint density at radius 1 is 0.298 bits per heavy atom. The summed E-state index contributed by atoms with van der Waals surface area (Å²) < 4.78 is 48.4. The standard InChI is InChI=1S/C13H12.2C11H10.C11H16.C9H12.C8H7N.C8H10.C7H7F.2C7H8/c1-11-7-9-13(10-8-11)12-5-3-2-4-6-12;1-9-5-4-7-10-6-2-3-8-11(9)10;1-9-6-7-10-4-2-3-5-11(10)8-9;1-9-5-7-10(8-6-9)11(2,3)4;1-7-4-8(2)6-9(3)5-7;1-7-2-4-8(6-9)5-3-7;1-7-3-5-8(2)6-4-7;1-6-2-4-7(8)5-3-6;2*1-7-5-3-2-4-6-7/h2-10H,1H3;2*2-8H,1H3;5-8H,1-4H3;4-6H,1-3H3;2-5H,1H3;3-6H,1-2H3;2-5H,1H3;2*2-6H,1H3/i;;;;;;;;2D,3D,4D,5D,6D;. The van der Waals surface area contributed by atoms with Gasteiger partial charge in [-0.15, -0.1) is 0 Å². The summed E-state index contributed by atoms with van der Waals surface area (Å²) in [5.74, 6) is -0.171. The van der Waals surface area contributed by atoms with Gasteiger partial charge >= 0.3 is 0 Å². The topological polar surface area (TPSA) is 23.8 Å². The molecule has 0 saturated heterocycles. The van der Waals surface area contributed by atoms with Crippen LogP contribution in [0.1, 0.15) is 111 Å². The Morgan fingerprint density at radius 3 is 1.10 bits per heavy atom. The van der Waals surface area contributed by atoms with Gasteiger partial charge in [-0.2, -0.15) is 5.26 Å². The summed E-state index contributed by atoms with van der Waals surface area (Å²) in [6.07, 6.45) is 0. The lowest BCUT2D eigenvalue weighted by Gasteiger charge is -2.18. The molecule has 0 aliphatic carbocycles. The summed E-state index contributed by atoms with van der Waals surface area (Å²) in [5, 5.41) is 13.7. The van der Waals surface area contributed by atoms with Gasteiger partial charge in [0, 0.05) is 0 Å². The molecule has 480 valence electrons. The molecule has 0 bridgehead atoms. The predicted molar refractivity (Wildman–Crippen MR) is 410 cm³/mol. The van der Waals surface area contributed by atoms with Crippen molar-refractivity contribution in [3.8, 4) is 17.2 Å². The van der Waals surface area contributed by atoms with Crippen LogP contribution in [0.15, 0.2) is 315 Å². The molecule has 0 radical (unpaired) electrons. The quantitative estimate of drug-likeness (QED) is 0.161. The van der Waals surface area contributed by atoms with Crippen molar-refractivity contribution in [2.75, 3.05) is 0 Å². The molecule has 0 N–H and O–H groups in total. The second-order valence-electron chi connectivity index (χ2n) is 24.5. The Bertz CT molecular complexity index is 4260. The van der Waals surface area contributed by atoms with Gasteiger partial charge in [0.1, 0.15) is 5.82 Å². The summed E-state index contributed by atoms with van der Waals surface area (Å²) in [6, 6.07) is 97.6. The maximum atomic E-state index is 12.1. The molecular formula is C92H100FN. The van der Waals surface area contributed by atoms with E-state index in [1.165, 1.54) is 118 Å². The zero-order valence-corrected chi connectivity index (χ0v) is 58.5. The highest BCUT2D eigenvalue weighted by Crippen LogP contribution is 2.23. The highest BCUT2D eigenvalue weighted by Gasteiger charge is 2.12. The van der Waals surface area contributed by atoms with Crippen LogP contribution in [0.2, 0.25) is 0 Å². The van der Waals surface area contributed by atoms with Crippen molar-refractivity contribution in [3.05, 3.63) is 405 Å². The second kappa shape index (κ2) is 42.0. The van der Waals surface area contributed by atoms with Crippen LogP contribution in [0.4, 0.5) is 4.39 Å². The molecule has 0 aliphatic heterocycles. The third-order valence-electron chi connectivity index (χ3n) is 14.3. The molecule has 13 rings (SSSR count). The smallest absolute Gasteiger partial charge is 0.123 e. The molecular weight excluding hydrogens is 1140 g/mol. The third-order valence-corrected chi connectivity index (χ3v) is 14.3. The molecule has 0 aliphatic rings. The number of nitriles is 1. The Labute approximate surface area is 573 Å². The molecule has 0 heterocycles. The highest BCUT2D eigenvalue weighted by atomic mass is 19.1. The van der Waals surface area contributed by atoms with Crippen LogP contribution in [-0.4, -0.2) is 0 Å². The second-order valence-corrected chi connectivity index (χ2v) is 24.5. The summed E-state index contributed by atoms with van der Waals surface area (Å²) in [7, 11) is 0. The fourth-order valence-corrected chi connectivity index (χ4v) is 8.97. The average molecular weight is 1240 g/mol. The van der Waals surface area contributed by atoms with Crippen LogP contribution in [0.5, 0.6) is 0 Å². The van der Waals surface area contributed by atoms with Crippen LogP contribution in [0, 0.1) is 107 Å². The number of rotatable bonds is 1. The molecule has 0 aromatic heterocycles. The number of aryl methyl sites for hydroxylation is 12. The van der Waals surface area contributed by atoms with Gasteiger partial charge in [0.05, 0.1) is 18.5 Å². The number of hydrogen-bond acceptors (Lipinski definition) is 1. The van der Waals surface area contributed by atoms with Crippen molar-refractivity contribution in [3.63, 3.8) is 0 Å². The Hall–Kier alpha value is -10.2. The van der Waals surface area contributed by atoms with Gasteiger partial charge in [-0.1, -0.05) is 379 Å². The molecule has 13 aromatic carbocycles. The first kappa shape index (κ1) is 68.2. The first-order chi connectivity index (χ1) is 47.0. The summed E-state index contributed by atoms with van der Waals surface area (Å²) in [4.78, 5) is 0. The Morgan fingerprint density at radius 2 is 0.660 bits per heavy atom. The monoisotopic (exact) mass is 1240 g/mol. The van der Waals surface area contributed by atoms with E-state index in [4.69, 9.17) is 12.1 Å². The molecule has 2 heteroatoms. The molecule has 0 amide bonds. The Kier molecular flexibility index (Phi) is 30.5. The number of fused-ring (bicyclic) bond motifs is 2. The fourth-order valence-electron chi connectivity index (χ4n) is 8.97. The van der Waals surface area contributed by atoms with Crippen LogP contribution in [0.25, 0.3) is 32.7 Å². The van der Waals surface area contributed by atoms with E-state index in [1.54, 1.807) is 12.1 Å². The van der Waals surface area contributed by atoms with Crippen LogP contribution < -0.4 is 0 Å². The largest absolute Gasteiger partial charge is 0.207 e. The van der Waals surface area contributed by atoms with Crippen LogP contribution in [-0.2, 0) is 5.41 Å². The zero-order valence-electron chi connectivity index (χ0n) is 63.5. The Balaban J connectivity index is 0.000000235. The molecule has 13 aromatic rings.